The summed E-state index contributed by atoms with van der Waals surface area (Å²) >= 11 is 0. The molecule has 3 rings (SSSR count). The van der Waals surface area contributed by atoms with E-state index in [0.29, 0.717) is 6.54 Å². The number of aromatic nitrogens is 5. The van der Waals surface area contributed by atoms with Crippen LogP contribution in [0.3, 0.4) is 0 Å². The summed E-state index contributed by atoms with van der Waals surface area (Å²) in [5.41, 5.74) is 3.03. The van der Waals surface area contributed by atoms with Crippen LogP contribution in [-0.2, 0) is 13.6 Å². The van der Waals surface area contributed by atoms with Crippen molar-refractivity contribution in [1.29, 1.82) is 0 Å². The average Bonchev–Trinajstić information content (AvgIpc) is 3.07. The van der Waals surface area contributed by atoms with Crippen molar-refractivity contribution in [2.24, 2.45) is 7.05 Å². The molecule has 0 N–H and O–H groups in total. The van der Waals surface area contributed by atoms with Gasteiger partial charge in [-0.05, 0) is 17.7 Å². The first-order valence-corrected chi connectivity index (χ1v) is 6.26. The van der Waals surface area contributed by atoms with Gasteiger partial charge < -0.3 is 9.30 Å². The molecule has 6 nitrogen and oxygen atoms in total. The van der Waals surface area contributed by atoms with Gasteiger partial charge in [0.05, 0.1) is 38.1 Å². The topological polar surface area (TPSA) is 57.8 Å². The lowest BCUT2D eigenvalue weighted by molar-refractivity contribution is 0.414. The minimum Gasteiger partial charge on any atom is -0.497 e. The molecule has 0 aliphatic heterocycles. The van der Waals surface area contributed by atoms with Crippen molar-refractivity contribution in [3.05, 3.63) is 48.5 Å². The lowest BCUT2D eigenvalue weighted by Gasteiger charge is -2.08. The van der Waals surface area contributed by atoms with Gasteiger partial charge in [0.1, 0.15) is 11.4 Å². The number of aryl methyl sites for hydroxylation is 1. The number of hydrogen-bond acceptors (Lipinski definition) is 4. The lowest BCUT2D eigenvalue weighted by atomic mass is 10.2. The number of rotatable bonds is 4. The zero-order valence-corrected chi connectivity index (χ0v) is 11.4. The minimum atomic E-state index is 0.637. The van der Waals surface area contributed by atoms with Crippen LogP contribution in [0.4, 0.5) is 0 Å². The van der Waals surface area contributed by atoms with Gasteiger partial charge >= 0.3 is 0 Å². The van der Waals surface area contributed by atoms with Gasteiger partial charge in [0.2, 0.25) is 0 Å². The monoisotopic (exact) mass is 269 g/mol. The van der Waals surface area contributed by atoms with Gasteiger partial charge in [-0.25, -0.2) is 9.67 Å². The first-order chi connectivity index (χ1) is 9.78. The molecule has 0 aliphatic rings. The average molecular weight is 269 g/mol. The van der Waals surface area contributed by atoms with E-state index in [1.54, 1.807) is 25.8 Å². The van der Waals surface area contributed by atoms with Gasteiger partial charge in [0, 0.05) is 7.05 Å². The molecule has 20 heavy (non-hydrogen) atoms. The third kappa shape index (κ3) is 2.27. The summed E-state index contributed by atoms with van der Waals surface area (Å²) in [4.78, 5) is 4.13. The van der Waals surface area contributed by atoms with Gasteiger partial charge in [0.15, 0.2) is 0 Å². The van der Waals surface area contributed by atoms with E-state index in [9.17, 15) is 0 Å². The van der Waals surface area contributed by atoms with Crippen LogP contribution in [0.25, 0.3) is 11.4 Å². The largest absolute Gasteiger partial charge is 0.497 e. The Morgan fingerprint density at radius 3 is 2.85 bits per heavy atom. The van der Waals surface area contributed by atoms with Gasteiger partial charge in [-0.2, -0.15) is 0 Å². The number of nitrogens with zero attached hydrogens (tertiary/aromatic N) is 5. The fourth-order valence-corrected chi connectivity index (χ4v) is 2.12. The second-order valence-corrected chi connectivity index (χ2v) is 4.52. The van der Waals surface area contributed by atoms with Crippen LogP contribution in [0.15, 0.2) is 43.0 Å². The van der Waals surface area contributed by atoms with E-state index >= 15 is 0 Å². The van der Waals surface area contributed by atoms with Crippen LogP contribution in [0.5, 0.6) is 5.75 Å². The van der Waals surface area contributed by atoms with Crippen LogP contribution in [-0.4, -0.2) is 31.7 Å². The number of imidazole rings is 1. The summed E-state index contributed by atoms with van der Waals surface area (Å²) in [6.45, 7) is 0.637. The maximum atomic E-state index is 5.24. The quantitative estimate of drug-likeness (QED) is 0.724. The molecule has 0 atom stereocenters. The molecular weight excluding hydrogens is 254 g/mol. The third-order valence-corrected chi connectivity index (χ3v) is 3.16. The second-order valence-electron chi connectivity index (χ2n) is 4.52. The first kappa shape index (κ1) is 12.4. The van der Waals surface area contributed by atoms with E-state index in [1.165, 1.54) is 0 Å². The molecule has 3 aromatic rings. The van der Waals surface area contributed by atoms with E-state index in [2.05, 4.69) is 15.3 Å². The van der Waals surface area contributed by atoms with E-state index in [4.69, 9.17) is 4.74 Å². The zero-order chi connectivity index (χ0) is 13.9. The molecule has 0 saturated carbocycles. The Morgan fingerprint density at radius 1 is 1.20 bits per heavy atom. The van der Waals surface area contributed by atoms with E-state index in [1.807, 2.05) is 40.6 Å². The fourth-order valence-electron chi connectivity index (χ4n) is 2.12. The highest BCUT2D eigenvalue weighted by Crippen LogP contribution is 2.19. The third-order valence-electron chi connectivity index (χ3n) is 3.16. The number of benzene rings is 1. The molecule has 0 spiro atoms. The van der Waals surface area contributed by atoms with Crippen molar-refractivity contribution in [2.45, 2.75) is 6.54 Å². The highest BCUT2D eigenvalue weighted by molar-refractivity contribution is 5.52. The number of methoxy groups -OCH3 is 1. The SMILES string of the molecule is COc1cccc(Cn2nncc2-c2cncn2C)c1. The molecule has 0 saturated heterocycles. The molecule has 2 aromatic heterocycles. The molecule has 0 unspecified atom stereocenters. The summed E-state index contributed by atoms with van der Waals surface area (Å²) < 4.78 is 9.03. The summed E-state index contributed by atoms with van der Waals surface area (Å²) in [6, 6.07) is 7.92. The Bertz CT molecular complexity index is 716. The maximum absolute atomic E-state index is 5.24. The van der Waals surface area contributed by atoms with Crippen molar-refractivity contribution in [3.63, 3.8) is 0 Å². The maximum Gasteiger partial charge on any atom is 0.119 e. The Hall–Kier alpha value is -2.63. The predicted octanol–water partition coefficient (Wildman–Crippen LogP) is 1.74. The Kier molecular flexibility index (Phi) is 3.20. The van der Waals surface area contributed by atoms with E-state index in [-0.39, 0.29) is 0 Å². The Labute approximate surface area is 116 Å². The van der Waals surface area contributed by atoms with Crippen LogP contribution in [0.2, 0.25) is 0 Å². The Morgan fingerprint density at radius 2 is 2.10 bits per heavy atom. The summed E-state index contributed by atoms with van der Waals surface area (Å²) in [7, 11) is 3.61. The van der Waals surface area contributed by atoms with Gasteiger partial charge in [-0.15, -0.1) is 5.10 Å². The molecule has 102 valence electrons. The van der Waals surface area contributed by atoms with Crippen LogP contribution in [0.1, 0.15) is 5.56 Å². The fraction of sp³-hybridized carbons (Fsp3) is 0.214. The molecular formula is C14H15N5O. The normalized spacial score (nSPS) is 10.7. The summed E-state index contributed by atoms with van der Waals surface area (Å²) in [5.74, 6) is 0.838. The van der Waals surface area contributed by atoms with Crippen LogP contribution >= 0.6 is 0 Å². The first-order valence-electron chi connectivity index (χ1n) is 6.26. The van der Waals surface area contributed by atoms with Crippen molar-refractivity contribution in [1.82, 2.24) is 24.5 Å². The van der Waals surface area contributed by atoms with E-state index < -0.39 is 0 Å². The summed E-state index contributed by atoms with van der Waals surface area (Å²) in [6.07, 6.45) is 5.32. The predicted molar refractivity (Wildman–Crippen MR) is 74.3 cm³/mol. The highest BCUT2D eigenvalue weighted by atomic mass is 16.5. The van der Waals surface area contributed by atoms with Crippen molar-refractivity contribution < 1.29 is 4.74 Å². The van der Waals surface area contributed by atoms with E-state index in [0.717, 1.165) is 22.7 Å². The lowest BCUT2D eigenvalue weighted by Crippen LogP contribution is -2.05. The molecule has 0 amide bonds. The summed E-state index contributed by atoms with van der Waals surface area (Å²) in [5, 5.41) is 8.15. The number of hydrogen-bond donors (Lipinski definition) is 0. The standard InChI is InChI=1S/C14H15N5O/c1-18-10-15-7-13(18)14-8-16-17-19(14)9-11-4-3-5-12(6-11)20-2/h3-8,10H,9H2,1-2H3. The molecule has 1 aromatic carbocycles. The Balaban J connectivity index is 1.92. The van der Waals surface area contributed by atoms with Crippen LogP contribution < -0.4 is 4.74 Å². The van der Waals surface area contributed by atoms with Gasteiger partial charge in [-0.3, -0.25) is 0 Å². The zero-order valence-electron chi connectivity index (χ0n) is 11.4. The minimum absolute atomic E-state index is 0.637. The smallest absolute Gasteiger partial charge is 0.119 e. The van der Waals surface area contributed by atoms with Gasteiger partial charge in [-0.1, -0.05) is 17.3 Å². The highest BCUT2D eigenvalue weighted by Gasteiger charge is 2.10. The molecule has 2 heterocycles. The van der Waals surface area contributed by atoms with Crippen molar-refractivity contribution in [2.75, 3.05) is 7.11 Å². The number of ether oxygens (including phenoxy) is 1. The van der Waals surface area contributed by atoms with Gasteiger partial charge in [0.25, 0.3) is 0 Å². The van der Waals surface area contributed by atoms with Crippen LogP contribution in [0, 0.1) is 0 Å². The molecule has 0 bridgehead atoms. The molecule has 6 heteroatoms. The molecule has 0 radical (unpaired) electrons. The van der Waals surface area contributed by atoms with Crippen molar-refractivity contribution in [3.8, 4) is 17.1 Å². The molecule has 0 fully saturated rings. The second kappa shape index (κ2) is 5.16. The van der Waals surface area contributed by atoms with Crippen molar-refractivity contribution >= 4 is 0 Å². The molecule has 0 aliphatic carbocycles.